The fourth-order valence-electron chi connectivity index (χ4n) is 2.18. The topological polar surface area (TPSA) is 58.1 Å². The summed E-state index contributed by atoms with van der Waals surface area (Å²) in [6.07, 6.45) is 5.25. The molecule has 1 heterocycles. The Morgan fingerprint density at radius 2 is 1.64 bits per heavy atom. The molecule has 2 aromatic rings. The number of amides is 1. The monoisotopic (exact) mass is 298 g/mol. The number of aromatic nitrogens is 2. The molecule has 0 saturated carbocycles. The average Bonchev–Trinajstić information content (AvgIpc) is 2.56. The SMILES string of the molecule is CCCN(CCC)c1ncc(C(=O)Nc2ccccc2)cn1. The molecule has 1 amide bonds. The highest BCUT2D eigenvalue weighted by molar-refractivity contribution is 6.03. The number of hydrogen-bond donors (Lipinski definition) is 1. The maximum Gasteiger partial charge on any atom is 0.258 e. The van der Waals surface area contributed by atoms with Gasteiger partial charge in [0.05, 0.1) is 5.56 Å². The van der Waals surface area contributed by atoms with E-state index in [0.29, 0.717) is 11.5 Å². The van der Waals surface area contributed by atoms with E-state index in [9.17, 15) is 4.79 Å². The Kier molecular flexibility index (Phi) is 5.89. The van der Waals surface area contributed by atoms with E-state index < -0.39 is 0 Å². The molecule has 5 nitrogen and oxygen atoms in total. The minimum absolute atomic E-state index is 0.199. The molecule has 0 fully saturated rings. The van der Waals surface area contributed by atoms with Crippen LogP contribution in [-0.2, 0) is 0 Å². The quantitative estimate of drug-likeness (QED) is 0.851. The van der Waals surface area contributed by atoms with Crippen molar-refractivity contribution >= 4 is 17.5 Å². The first-order valence-electron chi connectivity index (χ1n) is 7.68. The Morgan fingerprint density at radius 3 is 2.18 bits per heavy atom. The predicted molar refractivity (Wildman–Crippen MR) is 89.2 cm³/mol. The third kappa shape index (κ3) is 4.28. The summed E-state index contributed by atoms with van der Waals surface area (Å²) in [5, 5.41) is 2.82. The summed E-state index contributed by atoms with van der Waals surface area (Å²) in [7, 11) is 0. The van der Waals surface area contributed by atoms with Crippen LogP contribution in [0.15, 0.2) is 42.7 Å². The number of para-hydroxylation sites is 1. The average molecular weight is 298 g/mol. The van der Waals surface area contributed by atoms with Crippen LogP contribution in [0.5, 0.6) is 0 Å². The van der Waals surface area contributed by atoms with Gasteiger partial charge in [0.15, 0.2) is 0 Å². The molecule has 1 aromatic carbocycles. The van der Waals surface area contributed by atoms with Crippen molar-refractivity contribution in [3.8, 4) is 0 Å². The number of benzene rings is 1. The first kappa shape index (κ1) is 15.9. The van der Waals surface area contributed by atoms with Gasteiger partial charge in [-0.15, -0.1) is 0 Å². The fourth-order valence-corrected chi connectivity index (χ4v) is 2.18. The minimum atomic E-state index is -0.199. The number of rotatable bonds is 7. The molecule has 0 aliphatic heterocycles. The largest absolute Gasteiger partial charge is 0.341 e. The predicted octanol–water partition coefficient (Wildman–Crippen LogP) is 3.36. The lowest BCUT2D eigenvalue weighted by Crippen LogP contribution is -2.27. The van der Waals surface area contributed by atoms with Crippen molar-refractivity contribution in [2.24, 2.45) is 0 Å². The Labute approximate surface area is 131 Å². The van der Waals surface area contributed by atoms with Crippen molar-refractivity contribution in [1.29, 1.82) is 0 Å². The van der Waals surface area contributed by atoms with E-state index in [4.69, 9.17) is 0 Å². The smallest absolute Gasteiger partial charge is 0.258 e. The van der Waals surface area contributed by atoms with Gasteiger partial charge in [-0.05, 0) is 25.0 Å². The molecule has 0 aliphatic carbocycles. The van der Waals surface area contributed by atoms with Gasteiger partial charge < -0.3 is 10.2 Å². The van der Waals surface area contributed by atoms with Crippen molar-refractivity contribution in [2.45, 2.75) is 26.7 Å². The number of nitrogens with one attached hydrogen (secondary N) is 1. The summed E-state index contributed by atoms with van der Waals surface area (Å²) in [5.41, 5.74) is 1.22. The van der Waals surface area contributed by atoms with E-state index >= 15 is 0 Å². The van der Waals surface area contributed by atoms with E-state index in [0.717, 1.165) is 31.6 Å². The number of anilines is 2. The number of nitrogens with zero attached hydrogens (tertiary/aromatic N) is 3. The zero-order valence-electron chi connectivity index (χ0n) is 13.1. The second kappa shape index (κ2) is 8.12. The van der Waals surface area contributed by atoms with Crippen LogP contribution in [0.3, 0.4) is 0 Å². The number of carbonyl (C=O) groups excluding carboxylic acids is 1. The molecule has 0 unspecified atom stereocenters. The van der Waals surface area contributed by atoms with Gasteiger partial charge in [0.2, 0.25) is 5.95 Å². The summed E-state index contributed by atoms with van der Waals surface area (Å²) < 4.78 is 0. The van der Waals surface area contributed by atoms with Crippen LogP contribution in [0, 0.1) is 0 Å². The molecular formula is C17H22N4O. The summed E-state index contributed by atoms with van der Waals surface area (Å²) in [6, 6.07) is 9.35. The third-order valence-corrected chi connectivity index (χ3v) is 3.20. The standard InChI is InChI=1S/C17H22N4O/c1-3-10-21(11-4-2)17-18-12-14(13-19-17)16(22)20-15-8-6-5-7-9-15/h5-9,12-13H,3-4,10-11H2,1-2H3,(H,20,22). The van der Waals surface area contributed by atoms with Crippen LogP contribution < -0.4 is 10.2 Å². The van der Waals surface area contributed by atoms with Gasteiger partial charge in [-0.25, -0.2) is 9.97 Å². The molecule has 5 heteroatoms. The maximum absolute atomic E-state index is 12.1. The summed E-state index contributed by atoms with van der Waals surface area (Å²) in [5.74, 6) is 0.482. The second-order valence-corrected chi connectivity index (χ2v) is 5.08. The molecule has 0 atom stereocenters. The van der Waals surface area contributed by atoms with Gasteiger partial charge in [0, 0.05) is 31.2 Å². The van der Waals surface area contributed by atoms with E-state index in [1.807, 2.05) is 30.3 Å². The van der Waals surface area contributed by atoms with Crippen LogP contribution >= 0.6 is 0 Å². The van der Waals surface area contributed by atoms with Gasteiger partial charge in [0.25, 0.3) is 5.91 Å². The van der Waals surface area contributed by atoms with Gasteiger partial charge in [-0.2, -0.15) is 0 Å². The minimum Gasteiger partial charge on any atom is -0.341 e. The van der Waals surface area contributed by atoms with Gasteiger partial charge >= 0.3 is 0 Å². The molecule has 0 spiro atoms. The number of hydrogen-bond acceptors (Lipinski definition) is 4. The maximum atomic E-state index is 12.1. The van der Waals surface area contributed by atoms with Crippen LogP contribution in [-0.4, -0.2) is 29.0 Å². The Morgan fingerprint density at radius 1 is 1.05 bits per heavy atom. The first-order chi connectivity index (χ1) is 10.7. The molecule has 0 bridgehead atoms. The molecule has 1 N–H and O–H groups in total. The zero-order chi connectivity index (χ0) is 15.8. The van der Waals surface area contributed by atoms with Crippen LogP contribution in [0.4, 0.5) is 11.6 Å². The van der Waals surface area contributed by atoms with Crippen molar-refractivity contribution < 1.29 is 4.79 Å². The molecule has 0 aliphatic rings. The molecular weight excluding hydrogens is 276 g/mol. The van der Waals surface area contributed by atoms with Crippen molar-refractivity contribution in [3.63, 3.8) is 0 Å². The van der Waals surface area contributed by atoms with E-state index in [1.54, 1.807) is 12.4 Å². The lowest BCUT2D eigenvalue weighted by molar-refractivity contribution is 0.102. The van der Waals surface area contributed by atoms with E-state index in [2.05, 4.69) is 34.0 Å². The molecule has 22 heavy (non-hydrogen) atoms. The highest BCUT2D eigenvalue weighted by Crippen LogP contribution is 2.11. The third-order valence-electron chi connectivity index (χ3n) is 3.20. The normalized spacial score (nSPS) is 10.3. The van der Waals surface area contributed by atoms with E-state index in [1.165, 1.54) is 0 Å². The van der Waals surface area contributed by atoms with Gasteiger partial charge in [0.1, 0.15) is 0 Å². The van der Waals surface area contributed by atoms with Gasteiger partial charge in [-0.1, -0.05) is 32.0 Å². The van der Waals surface area contributed by atoms with Crippen LogP contribution in [0.2, 0.25) is 0 Å². The lowest BCUT2D eigenvalue weighted by atomic mass is 10.3. The fraction of sp³-hybridized carbons (Fsp3) is 0.353. The molecule has 116 valence electrons. The molecule has 0 saturated heterocycles. The highest BCUT2D eigenvalue weighted by atomic mass is 16.1. The summed E-state index contributed by atoms with van der Waals surface area (Å²) in [4.78, 5) is 22.9. The van der Waals surface area contributed by atoms with Crippen LogP contribution in [0.1, 0.15) is 37.0 Å². The van der Waals surface area contributed by atoms with Crippen molar-refractivity contribution in [1.82, 2.24) is 9.97 Å². The summed E-state index contributed by atoms with van der Waals surface area (Å²) in [6.45, 7) is 6.10. The lowest BCUT2D eigenvalue weighted by Gasteiger charge is -2.21. The number of carbonyl (C=O) groups is 1. The Hall–Kier alpha value is -2.43. The van der Waals surface area contributed by atoms with Crippen LogP contribution in [0.25, 0.3) is 0 Å². The Balaban J connectivity index is 2.05. The highest BCUT2D eigenvalue weighted by Gasteiger charge is 2.11. The van der Waals surface area contributed by atoms with Crippen molar-refractivity contribution in [3.05, 3.63) is 48.3 Å². The van der Waals surface area contributed by atoms with Gasteiger partial charge in [-0.3, -0.25) is 4.79 Å². The molecule has 1 aromatic heterocycles. The Bertz CT molecular complexity index is 577. The first-order valence-corrected chi connectivity index (χ1v) is 7.68. The summed E-state index contributed by atoms with van der Waals surface area (Å²) >= 11 is 0. The van der Waals surface area contributed by atoms with Crippen molar-refractivity contribution in [2.75, 3.05) is 23.3 Å². The molecule has 2 rings (SSSR count). The molecule has 0 radical (unpaired) electrons. The second-order valence-electron chi connectivity index (χ2n) is 5.08. The van der Waals surface area contributed by atoms with E-state index in [-0.39, 0.29) is 5.91 Å². The zero-order valence-corrected chi connectivity index (χ0v) is 13.1.